The number of amides is 1. The smallest absolute Gasteiger partial charge is 0.272 e. The monoisotopic (exact) mass is 402 g/mol. The van der Waals surface area contributed by atoms with E-state index in [1.54, 1.807) is 13.0 Å². The van der Waals surface area contributed by atoms with E-state index in [1.807, 2.05) is 24.3 Å². The predicted octanol–water partition coefficient (Wildman–Crippen LogP) is 3.11. The summed E-state index contributed by atoms with van der Waals surface area (Å²) in [5.41, 5.74) is 2.12. The molecule has 0 aliphatic carbocycles. The molecular weight excluding hydrogens is 380 g/mol. The van der Waals surface area contributed by atoms with E-state index in [2.05, 4.69) is 15.1 Å². The molecule has 1 heterocycles. The van der Waals surface area contributed by atoms with Crippen molar-refractivity contribution in [3.63, 3.8) is 0 Å². The van der Waals surface area contributed by atoms with Crippen LogP contribution in [-0.4, -0.2) is 55.0 Å². The molecule has 7 nitrogen and oxygen atoms in total. The van der Waals surface area contributed by atoms with Crippen molar-refractivity contribution in [3.8, 4) is 0 Å². The van der Waals surface area contributed by atoms with Gasteiger partial charge in [0, 0.05) is 67.2 Å². The lowest BCUT2D eigenvalue weighted by Crippen LogP contribution is -2.48. The maximum Gasteiger partial charge on any atom is 0.272 e. The van der Waals surface area contributed by atoms with Crippen LogP contribution in [0.1, 0.15) is 15.9 Å². The van der Waals surface area contributed by atoms with E-state index in [0.717, 1.165) is 37.7 Å². The van der Waals surface area contributed by atoms with Gasteiger partial charge in [-0.25, -0.2) is 0 Å². The lowest BCUT2D eigenvalue weighted by molar-refractivity contribution is -0.385. The molecule has 1 amide bonds. The number of halogens is 1. The first-order valence-electron chi connectivity index (χ1n) is 9.20. The summed E-state index contributed by atoms with van der Waals surface area (Å²) in [5.74, 6) is -0.210. The van der Waals surface area contributed by atoms with Gasteiger partial charge in [0.05, 0.1) is 4.92 Å². The highest BCUT2D eigenvalue weighted by Gasteiger charge is 2.18. The Morgan fingerprint density at radius 1 is 1.14 bits per heavy atom. The molecule has 0 atom stereocenters. The summed E-state index contributed by atoms with van der Waals surface area (Å²) in [5, 5.41) is 14.5. The fourth-order valence-corrected chi connectivity index (χ4v) is 3.44. The van der Waals surface area contributed by atoms with Crippen LogP contribution < -0.4 is 10.2 Å². The van der Waals surface area contributed by atoms with Gasteiger partial charge in [0.25, 0.3) is 11.6 Å². The van der Waals surface area contributed by atoms with Gasteiger partial charge in [-0.1, -0.05) is 11.6 Å². The number of carbonyl (C=O) groups is 1. The number of nitrogens with one attached hydrogen (secondary N) is 1. The van der Waals surface area contributed by atoms with Crippen LogP contribution in [0.25, 0.3) is 0 Å². The number of rotatable bonds is 6. The molecule has 0 bridgehead atoms. The first-order chi connectivity index (χ1) is 13.4. The molecule has 1 saturated heterocycles. The van der Waals surface area contributed by atoms with Crippen molar-refractivity contribution in [3.05, 3.63) is 68.7 Å². The van der Waals surface area contributed by atoms with Crippen LogP contribution in [0.5, 0.6) is 0 Å². The summed E-state index contributed by atoms with van der Waals surface area (Å²) in [7, 11) is 0. The maximum absolute atomic E-state index is 12.3. The second-order valence-electron chi connectivity index (χ2n) is 6.82. The van der Waals surface area contributed by atoms with Gasteiger partial charge in [0.1, 0.15) is 0 Å². The van der Waals surface area contributed by atoms with Crippen LogP contribution in [0.3, 0.4) is 0 Å². The van der Waals surface area contributed by atoms with Gasteiger partial charge in [0.15, 0.2) is 0 Å². The Bertz CT molecular complexity index is 849. The number of benzene rings is 2. The largest absolute Gasteiger partial charge is 0.369 e. The van der Waals surface area contributed by atoms with Gasteiger partial charge in [-0.3, -0.25) is 19.8 Å². The number of nitro benzene ring substituents is 1. The highest BCUT2D eigenvalue weighted by Crippen LogP contribution is 2.20. The topological polar surface area (TPSA) is 78.7 Å². The molecule has 3 rings (SSSR count). The first kappa shape index (κ1) is 20.1. The molecule has 28 heavy (non-hydrogen) atoms. The molecular formula is C20H23ClN4O3. The van der Waals surface area contributed by atoms with Crippen molar-refractivity contribution < 1.29 is 9.72 Å². The average molecular weight is 403 g/mol. The van der Waals surface area contributed by atoms with E-state index in [4.69, 9.17) is 11.6 Å². The van der Waals surface area contributed by atoms with Crippen molar-refractivity contribution in [2.75, 3.05) is 44.2 Å². The molecule has 148 valence electrons. The van der Waals surface area contributed by atoms with Crippen LogP contribution in [0.2, 0.25) is 5.02 Å². The van der Waals surface area contributed by atoms with Gasteiger partial charge in [-0.2, -0.15) is 0 Å². The predicted molar refractivity (Wildman–Crippen MR) is 110 cm³/mol. The summed E-state index contributed by atoms with van der Waals surface area (Å²) < 4.78 is 0. The minimum atomic E-state index is -0.444. The van der Waals surface area contributed by atoms with Crippen LogP contribution in [0, 0.1) is 17.0 Å². The van der Waals surface area contributed by atoms with Crippen molar-refractivity contribution in [1.29, 1.82) is 0 Å². The normalized spacial score (nSPS) is 14.7. The molecule has 1 aliphatic rings. The van der Waals surface area contributed by atoms with Gasteiger partial charge in [-0.15, -0.1) is 0 Å². The van der Waals surface area contributed by atoms with Crippen LogP contribution in [0.15, 0.2) is 42.5 Å². The van der Waals surface area contributed by atoms with E-state index in [1.165, 1.54) is 17.8 Å². The lowest BCUT2D eigenvalue weighted by atomic mass is 10.1. The van der Waals surface area contributed by atoms with Crippen LogP contribution in [0.4, 0.5) is 11.4 Å². The van der Waals surface area contributed by atoms with Gasteiger partial charge >= 0.3 is 0 Å². The second-order valence-corrected chi connectivity index (χ2v) is 7.26. The van der Waals surface area contributed by atoms with Crippen molar-refractivity contribution >= 4 is 28.9 Å². The quantitative estimate of drug-likeness (QED) is 0.593. The number of nitro groups is 1. The standard InChI is InChI=1S/C20H23ClN4O3/c1-15-14-16(2-7-19(15)25(27)28)20(26)22-8-9-23-10-12-24(13-11-23)18-5-3-17(21)4-6-18/h2-7,14H,8-13H2,1H3,(H,22,26). The molecule has 2 aromatic carbocycles. The van der Waals surface area contributed by atoms with Crippen LogP contribution >= 0.6 is 11.6 Å². The molecule has 0 aromatic heterocycles. The van der Waals surface area contributed by atoms with Crippen molar-refractivity contribution in [2.45, 2.75) is 6.92 Å². The highest BCUT2D eigenvalue weighted by atomic mass is 35.5. The zero-order chi connectivity index (χ0) is 20.1. The van der Waals surface area contributed by atoms with E-state index >= 15 is 0 Å². The Balaban J connectivity index is 1.43. The van der Waals surface area contributed by atoms with E-state index in [-0.39, 0.29) is 11.6 Å². The third kappa shape index (κ3) is 4.99. The lowest BCUT2D eigenvalue weighted by Gasteiger charge is -2.36. The molecule has 1 aliphatic heterocycles. The molecule has 0 spiro atoms. The number of hydrogen-bond acceptors (Lipinski definition) is 5. The fraction of sp³-hybridized carbons (Fsp3) is 0.350. The molecule has 1 N–H and O–H groups in total. The molecule has 8 heteroatoms. The summed E-state index contributed by atoms with van der Waals surface area (Å²) in [6.07, 6.45) is 0. The molecule has 0 saturated carbocycles. The second kappa shape index (κ2) is 9.03. The van der Waals surface area contributed by atoms with Crippen molar-refractivity contribution in [1.82, 2.24) is 10.2 Å². The Hall–Kier alpha value is -2.64. The van der Waals surface area contributed by atoms with Gasteiger partial charge < -0.3 is 10.2 Å². The Labute approximate surface area is 169 Å². The maximum atomic E-state index is 12.3. The molecule has 2 aromatic rings. The third-order valence-electron chi connectivity index (χ3n) is 4.93. The first-order valence-corrected chi connectivity index (χ1v) is 9.58. The summed E-state index contributed by atoms with van der Waals surface area (Å²) in [6, 6.07) is 12.3. The molecule has 1 fully saturated rings. The molecule has 0 unspecified atom stereocenters. The highest BCUT2D eigenvalue weighted by molar-refractivity contribution is 6.30. The number of nitrogens with zero attached hydrogens (tertiary/aromatic N) is 3. The van der Waals surface area contributed by atoms with Crippen LogP contribution in [-0.2, 0) is 0 Å². The summed E-state index contributed by atoms with van der Waals surface area (Å²) >= 11 is 5.94. The number of anilines is 1. The van der Waals surface area contributed by atoms with Gasteiger partial charge in [-0.05, 0) is 43.3 Å². The third-order valence-corrected chi connectivity index (χ3v) is 5.19. The minimum absolute atomic E-state index is 0.0232. The van der Waals surface area contributed by atoms with Gasteiger partial charge in [0.2, 0.25) is 0 Å². The Kier molecular flexibility index (Phi) is 6.49. The average Bonchev–Trinajstić information content (AvgIpc) is 2.68. The molecule has 0 radical (unpaired) electrons. The number of piperazine rings is 1. The summed E-state index contributed by atoms with van der Waals surface area (Å²) in [4.78, 5) is 27.3. The number of carbonyl (C=O) groups excluding carboxylic acids is 1. The Morgan fingerprint density at radius 3 is 2.43 bits per heavy atom. The van der Waals surface area contributed by atoms with Crippen molar-refractivity contribution in [2.24, 2.45) is 0 Å². The number of aryl methyl sites for hydroxylation is 1. The minimum Gasteiger partial charge on any atom is -0.369 e. The fourth-order valence-electron chi connectivity index (χ4n) is 3.31. The van der Waals surface area contributed by atoms with E-state index < -0.39 is 4.92 Å². The Morgan fingerprint density at radius 2 is 1.82 bits per heavy atom. The zero-order valence-corrected chi connectivity index (χ0v) is 16.5. The van der Waals surface area contributed by atoms with E-state index in [9.17, 15) is 14.9 Å². The SMILES string of the molecule is Cc1cc(C(=O)NCCN2CCN(c3ccc(Cl)cc3)CC2)ccc1[N+](=O)[O-]. The summed E-state index contributed by atoms with van der Waals surface area (Å²) in [6.45, 7) is 6.65. The number of hydrogen-bond donors (Lipinski definition) is 1. The zero-order valence-electron chi connectivity index (χ0n) is 15.7. The van der Waals surface area contributed by atoms with E-state index in [0.29, 0.717) is 17.7 Å².